The third kappa shape index (κ3) is 2.18. The number of hydrogen-bond donors (Lipinski definition) is 0. The van der Waals surface area contributed by atoms with Gasteiger partial charge < -0.3 is 9.47 Å². The molecular weight excluding hydrogens is 200 g/mol. The fourth-order valence-corrected chi connectivity index (χ4v) is 1.00. The van der Waals surface area contributed by atoms with E-state index in [-0.39, 0.29) is 17.1 Å². The second-order valence-electron chi connectivity index (χ2n) is 2.41. The van der Waals surface area contributed by atoms with Crippen LogP contribution in [-0.2, 0) is 9.53 Å². The molecule has 1 rings (SSSR count). The number of aliphatic imine (C=N–C) groups is 1. The van der Waals surface area contributed by atoms with E-state index in [1.165, 1.54) is 32.6 Å². The smallest absolute Gasteiger partial charge is 0.359 e. The van der Waals surface area contributed by atoms with Crippen molar-refractivity contribution in [2.45, 2.75) is 0 Å². The zero-order chi connectivity index (χ0) is 11.3. The molecule has 6 nitrogen and oxygen atoms in total. The van der Waals surface area contributed by atoms with Gasteiger partial charge in [-0.2, -0.15) is 4.99 Å². The minimum atomic E-state index is -0.692. The third-order valence-corrected chi connectivity index (χ3v) is 1.64. The molecule has 0 fully saturated rings. The van der Waals surface area contributed by atoms with E-state index in [4.69, 9.17) is 4.74 Å². The lowest BCUT2D eigenvalue weighted by molar-refractivity contribution is 0.0595. The van der Waals surface area contributed by atoms with Gasteiger partial charge in [0.25, 0.3) is 0 Å². The maximum atomic E-state index is 11.2. The number of carbonyl (C=O) groups excluding carboxylic acids is 2. The van der Waals surface area contributed by atoms with Crippen LogP contribution >= 0.6 is 0 Å². The fourth-order valence-electron chi connectivity index (χ4n) is 1.00. The van der Waals surface area contributed by atoms with Crippen molar-refractivity contribution in [3.8, 4) is 5.75 Å². The first kappa shape index (κ1) is 10.9. The molecule has 0 atom stereocenters. The van der Waals surface area contributed by atoms with Crippen molar-refractivity contribution in [1.29, 1.82) is 0 Å². The Morgan fingerprint density at radius 3 is 2.80 bits per heavy atom. The summed E-state index contributed by atoms with van der Waals surface area (Å²) < 4.78 is 9.39. The van der Waals surface area contributed by atoms with Crippen LogP contribution in [0.1, 0.15) is 10.5 Å². The summed E-state index contributed by atoms with van der Waals surface area (Å²) in [5.41, 5.74) is -0.0675. The molecule has 78 valence electrons. The van der Waals surface area contributed by atoms with Gasteiger partial charge in [0.15, 0.2) is 11.4 Å². The van der Waals surface area contributed by atoms with Crippen LogP contribution in [0.25, 0.3) is 0 Å². The summed E-state index contributed by atoms with van der Waals surface area (Å²) in [7, 11) is 2.60. The Labute approximate surface area is 85.6 Å². The van der Waals surface area contributed by atoms with Crippen molar-refractivity contribution in [2.75, 3.05) is 14.2 Å². The van der Waals surface area contributed by atoms with E-state index in [0.29, 0.717) is 0 Å². The number of nitrogens with zero attached hydrogens (tertiary/aromatic N) is 2. The molecule has 6 heteroatoms. The molecule has 0 aromatic carbocycles. The zero-order valence-electron chi connectivity index (χ0n) is 8.18. The molecule has 0 N–H and O–H groups in total. The van der Waals surface area contributed by atoms with Gasteiger partial charge in [0, 0.05) is 12.3 Å². The summed E-state index contributed by atoms with van der Waals surface area (Å²) in [4.78, 5) is 28.5. The highest BCUT2D eigenvalue weighted by Crippen LogP contribution is 2.29. The minimum absolute atomic E-state index is 0.0156. The lowest BCUT2D eigenvalue weighted by atomic mass is 10.3. The van der Waals surface area contributed by atoms with E-state index in [9.17, 15) is 9.59 Å². The number of rotatable bonds is 3. The van der Waals surface area contributed by atoms with Crippen LogP contribution in [0, 0.1) is 0 Å². The highest BCUT2D eigenvalue weighted by Gasteiger charge is 2.17. The van der Waals surface area contributed by atoms with E-state index >= 15 is 0 Å². The molecule has 0 unspecified atom stereocenters. The van der Waals surface area contributed by atoms with Gasteiger partial charge in [-0.15, -0.1) is 0 Å². The van der Waals surface area contributed by atoms with Gasteiger partial charge in [-0.3, -0.25) is 0 Å². The summed E-state index contributed by atoms with van der Waals surface area (Å²) in [5.74, 6) is -0.434. The predicted octanol–water partition coefficient (Wildman–Crippen LogP) is 0.844. The number of esters is 1. The molecule has 0 saturated heterocycles. The Morgan fingerprint density at radius 1 is 1.53 bits per heavy atom. The van der Waals surface area contributed by atoms with E-state index < -0.39 is 5.97 Å². The van der Waals surface area contributed by atoms with Crippen molar-refractivity contribution in [3.63, 3.8) is 0 Å². The van der Waals surface area contributed by atoms with Crippen molar-refractivity contribution >= 4 is 17.7 Å². The van der Waals surface area contributed by atoms with Crippen LogP contribution in [0.15, 0.2) is 17.3 Å². The van der Waals surface area contributed by atoms with Crippen LogP contribution in [0.3, 0.4) is 0 Å². The average molecular weight is 208 g/mol. The standard InChI is InChI=1S/C9H8N2O4/c1-14-6-3-4-10-8(9(13)15-2)7(6)11-5-12/h3-4H,1-2H3. The summed E-state index contributed by atoms with van der Waals surface area (Å²) in [6.45, 7) is 0. The first-order valence-corrected chi connectivity index (χ1v) is 3.93. The summed E-state index contributed by atoms with van der Waals surface area (Å²) in [5, 5.41) is 0. The molecule has 0 aliphatic rings. The van der Waals surface area contributed by atoms with Crippen LogP contribution in [0.2, 0.25) is 0 Å². The molecule has 1 aromatic heterocycles. The van der Waals surface area contributed by atoms with Crippen LogP contribution in [-0.4, -0.2) is 31.3 Å². The van der Waals surface area contributed by atoms with Gasteiger partial charge in [0.05, 0.1) is 14.2 Å². The average Bonchev–Trinajstić information content (AvgIpc) is 2.28. The van der Waals surface area contributed by atoms with Gasteiger partial charge in [-0.05, 0) is 0 Å². The SMILES string of the molecule is COC(=O)c1nccc(OC)c1N=C=O. The third-order valence-electron chi connectivity index (χ3n) is 1.64. The number of carbonyl (C=O) groups is 1. The van der Waals surface area contributed by atoms with Gasteiger partial charge >= 0.3 is 5.97 Å². The van der Waals surface area contributed by atoms with Crippen molar-refractivity contribution < 1.29 is 19.1 Å². The van der Waals surface area contributed by atoms with Crippen LogP contribution in [0.5, 0.6) is 5.75 Å². The topological polar surface area (TPSA) is 77.8 Å². The number of ether oxygens (including phenoxy) is 2. The molecule has 0 saturated carbocycles. The van der Waals surface area contributed by atoms with Crippen molar-refractivity contribution in [1.82, 2.24) is 4.98 Å². The van der Waals surface area contributed by atoms with E-state index in [0.717, 1.165) is 0 Å². The Kier molecular flexibility index (Phi) is 3.54. The molecule has 0 aliphatic carbocycles. The zero-order valence-corrected chi connectivity index (χ0v) is 8.18. The summed E-state index contributed by atoms with van der Waals surface area (Å²) >= 11 is 0. The summed E-state index contributed by atoms with van der Waals surface area (Å²) in [6.07, 6.45) is 2.68. The van der Waals surface area contributed by atoms with Crippen molar-refractivity contribution in [2.24, 2.45) is 4.99 Å². The molecule has 1 heterocycles. The normalized spacial score (nSPS) is 8.93. The van der Waals surface area contributed by atoms with Gasteiger partial charge in [0.2, 0.25) is 6.08 Å². The number of methoxy groups -OCH3 is 2. The quantitative estimate of drug-likeness (QED) is 0.418. The van der Waals surface area contributed by atoms with Crippen molar-refractivity contribution in [3.05, 3.63) is 18.0 Å². The largest absolute Gasteiger partial charge is 0.494 e. The molecule has 15 heavy (non-hydrogen) atoms. The molecule has 1 aromatic rings. The molecule has 0 bridgehead atoms. The maximum Gasteiger partial charge on any atom is 0.359 e. The molecule has 0 radical (unpaired) electrons. The van der Waals surface area contributed by atoms with Gasteiger partial charge in [0.1, 0.15) is 5.75 Å². The number of aromatic nitrogens is 1. The highest BCUT2D eigenvalue weighted by atomic mass is 16.5. The van der Waals surface area contributed by atoms with E-state index in [1.807, 2.05) is 0 Å². The van der Waals surface area contributed by atoms with Gasteiger partial charge in [-0.1, -0.05) is 0 Å². The predicted molar refractivity (Wildman–Crippen MR) is 49.9 cm³/mol. The molecule has 0 amide bonds. The molecule has 0 aliphatic heterocycles. The van der Waals surface area contributed by atoms with E-state index in [2.05, 4.69) is 14.7 Å². The number of isocyanates is 1. The first-order chi connectivity index (χ1) is 7.24. The monoisotopic (exact) mass is 208 g/mol. The first-order valence-electron chi connectivity index (χ1n) is 3.93. The summed E-state index contributed by atoms with van der Waals surface area (Å²) in [6, 6.07) is 1.47. The lowest BCUT2D eigenvalue weighted by Crippen LogP contribution is -2.05. The maximum absolute atomic E-state index is 11.2. The second-order valence-corrected chi connectivity index (χ2v) is 2.41. The number of hydrogen-bond acceptors (Lipinski definition) is 6. The minimum Gasteiger partial charge on any atom is -0.494 e. The second kappa shape index (κ2) is 4.88. The fraction of sp³-hybridized carbons (Fsp3) is 0.222. The Bertz CT molecular complexity index is 424. The molecule has 0 spiro atoms. The van der Waals surface area contributed by atoms with Crippen LogP contribution in [0.4, 0.5) is 5.69 Å². The van der Waals surface area contributed by atoms with Gasteiger partial charge in [-0.25, -0.2) is 14.6 Å². The Hall–Kier alpha value is -2.20. The highest BCUT2D eigenvalue weighted by molar-refractivity contribution is 5.94. The van der Waals surface area contributed by atoms with Crippen LogP contribution < -0.4 is 4.74 Å². The molecular formula is C9H8N2O4. The Morgan fingerprint density at radius 2 is 2.27 bits per heavy atom. The Balaban J connectivity index is 3.37. The van der Waals surface area contributed by atoms with E-state index in [1.54, 1.807) is 0 Å². The number of pyridine rings is 1. The lowest BCUT2D eigenvalue weighted by Gasteiger charge is -2.05.